The summed E-state index contributed by atoms with van der Waals surface area (Å²) in [6, 6.07) is 11.2. The van der Waals surface area contributed by atoms with Gasteiger partial charge in [0.25, 0.3) is 11.7 Å². The first kappa shape index (κ1) is 21.1. The lowest BCUT2D eigenvalue weighted by molar-refractivity contribution is -0.141. The lowest BCUT2D eigenvalue weighted by Crippen LogP contribution is -2.37. The Labute approximate surface area is 181 Å². The van der Waals surface area contributed by atoms with E-state index >= 15 is 0 Å². The highest BCUT2D eigenvalue weighted by Gasteiger charge is 2.49. The number of likely N-dealkylation sites (tertiary alicyclic amines) is 1. The maximum atomic E-state index is 13.8. The number of hydrogen-bond donors (Lipinski definition) is 1. The Morgan fingerprint density at radius 1 is 1.06 bits per heavy atom. The molecular formula is C25H27FN2O3. The predicted octanol–water partition coefficient (Wildman–Crippen LogP) is 4.56. The van der Waals surface area contributed by atoms with Crippen LogP contribution in [0.1, 0.15) is 48.4 Å². The summed E-state index contributed by atoms with van der Waals surface area (Å²) in [5, 5.41) is 11.1. The van der Waals surface area contributed by atoms with E-state index in [1.54, 1.807) is 11.8 Å². The first-order valence-electron chi connectivity index (χ1n) is 10.6. The molecule has 1 saturated carbocycles. The monoisotopic (exact) mass is 422 g/mol. The average Bonchev–Trinajstić information content (AvgIpc) is 3.36. The van der Waals surface area contributed by atoms with Crippen molar-refractivity contribution in [3.63, 3.8) is 0 Å². The third-order valence-electron chi connectivity index (χ3n) is 6.35. The zero-order valence-corrected chi connectivity index (χ0v) is 18.1. The molecule has 31 heavy (non-hydrogen) atoms. The molecule has 2 aromatic rings. The SMILES string of the molecule is Cc1cc(/C(O)=C2/C(=O)C(=O)N(C3CCCC3)C2c2ccc(N(C)C)cc2)ccc1F. The normalized spacial score (nSPS) is 21.2. The predicted molar refractivity (Wildman–Crippen MR) is 118 cm³/mol. The zero-order chi connectivity index (χ0) is 22.3. The van der Waals surface area contributed by atoms with Crippen molar-refractivity contribution < 1.29 is 19.1 Å². The fourth-order valence-corrected chi connectivity index (χ4v) is 4.64. The van der Waals surface area contributed by atoms with Gasteiger partial charge in [0.15, 0.2) is 0 Å². The number of carbonyl (C=O) groups excluding carboxylic acids is 2. The number of hydrogen-bond acceptors (Lipinski definition) is 4. The van der Waals surface area contributed by atoms with Gasteiger partial charge in [-0.3, -0.25) is 9.59 Å². The summed E-state index contributed by atoms with van der Waals surface area (Å²) < 4.78 is 13.8. The van der Waals surface area contributed by atoms with Gasteiger partial charge in [0.05, 0.1) is 11.6 Å². The first-order chi connectivity index (χ1) is 14.8. The molecule has 1 atom stereocenters. The maximum Gasteiger partial charge on any atom is 0.295 e. The minimum Gasteiger partial charge on any atom is -0.507 e. The van der Waals surface area contributed by atoms with Crippen LogP contribution in [0.2, 0.25) is 0 Å². The second-order valence-electron chi connectivity index (χ2n) is 8.59. The van der Waals surface area contributed by atoms with Crippen molar-refractivity contribution in [3.8, 4) is 0 Å². The number of aryl methyl sites for hydroxylation is 1. The lowest BCUT2D eigenvalue weighted by atomic mass is 9.94. The highest BCUT2D eigenvalue weighted by atomic mass is 19.1. The van der Waals surface area contributed by atoms with Gasteiger partial charge in [0.1, 0.15) is 11.6 Å². The van der Waals surface area contributed by atoms with E-state index in [-0.39, 0.29) is 17.4 Å². The summed E-state index contributed by atoms with van der Waals surface area (Å²) in [6.45, 7) is 1.60. The van der Waals surface area contributed by atoms with Gasteiger partial charge in [-0.25, -0.2) is 4.39 Å². The van der Waals surface area contributed by atoms with Crippen molar-refractivity contribution in [1.82, 2.24) is 4.90 Å². The van der Waals surface area contributed by atoms with E-state index in [0.29, 0.717) is 11.1 Å². The Bertz CT molecular complexity index is 1050. The largest absolute Gasteiger partial charge is 0.507 e. The smallest absolute Gasteiger partial charge is 0.295 e. The van der Waals surface area contributed by atoms with E-state index in [2.05, 4.69) is 0 Å². The van der Waals surface area contributed by atoms with Crippen LogP contribution in [-0.4, -0.2) is 41.8 Å². The van der Waals surface area contributed by atoms with E-state index < -0.39 is 23.5 Å². The summed E-state index contributed by atoms with van der Waals surface area (Å²) >= 11 is 0. The van der Waals surface area contributed by atoms with Crippen LogP contribution in [0, 0.1) is 12.7 Å². The number of aliphatic hydroxyl groups is 1. The van der Waals surface area contributed by atoms with E-state index in [4.69, 9.17) is 0 Å². The van der Waals surface area contributed by atoms with Gasteiger partial charge in [-0.1, -0.05) is 25.0 Å². The molecule has 6 heteroatoms. The van der Waals surface area contributed by atoms with Gasteiger partial charge >= 0.3 is 0 Å². The maximum absolute atomic E-state index is 13.8. The van der Waals surface area contributed by atoms with Crippen molar-refractivity contribution in [2.75, 3.05) is 19.0 Å². The molecule has 4 rings (SSSR count). The van der Waals surface area contributed by atoms with Crippen molar-refractivity contribution in [2.24, 2.45) is 0 Å². The Morgan fingerprint density at radius 2 is 1.71 bits per heavy atom. The van der Waals surface area contributed by atoms with Gasteiger partial charge in [-0.2, -0.15) is 0 Å². The van der Waals surface area contributed by atoms with Gasteiger partial charge in [-0.15, -0.1) is 0 Å². The second-order valence-corrected chi connectivity index (χ2v) is 8.59. The number of anilines is 1. The molecule has 1 unspecified atom stereocenters. The standard InChI is InChI=1S/C25H27FN2O3/c1-15-14-17(10-13-20(15)26)23(29)21-22(16-8-11-18(12-9-16)27(2)3)28(25(31)24(21)30)19-6-4-5-7-19/h8-14,19,22,29H,4-7H2,1-3H3/b23-21-. The fraction of sp³-hybridized carbons (Fsp3) is 0.360. The molecule has 2 fully saturated rings. The van der Waals surface area contributed by atoms with Crippen molar-refractivity contribution >= 4 is 23.1 Å². The number of ketones is 1. The fourth-order valence-electron chi connectivity index (χ4n) is 4.64. The number of Topliss-reactive ketones (excluding diaryl/α,β-unsaturated/α-hetero) is 1. The van der Waals surface area contributed by atoms with Gasteiger partial charge in [0, 0.05) is 31.4 Å². The van der Waals surface area contributed by atoms with Crippen LogP contribution in [0.4, 0.5) is 10.1 Å². The molecule has 0 bridgehead atoms. The topological polar surface area (TPSA) is 60.9 Å². The van der Waals surface area contributed by atoms with E-state index in [9.17, 15) is 19.1 Å². The molecule has 2 aliphatic rings. The summed E-state index contributed by atoms with van der Waals surface area (Å²) in [6.07, 6.45) is 3.71. The number of rotatable bonds is 4. The Hall–Kier alpha value is -3.15. The number of halogens is 1. The first-order valence-corrected chi connectivity index (χ1v) is 10.6. The molecule has 1 N–H and O–H groups in total. The van der Waals surface area contributed by atoms with Gasteiger partial charge < -0.3 is 14.9 Å². The van der Waals surface area contributed by atoms with Crippen molar-refractivity contribution in [2.45, 2.75) is 44.7 Å². The van der Waals surface area contributed by atoms with Crippen LogP contribution in [0.3, 0.4) is 0 Å². The second kappa shape index (κ2) is 8.17. The zero-order valence-electron chi connectivity index (χ0n) is 18.1. The van der Waals surface area contributed by atoms with Crippen LogP contribution in [-0.2, 0) is 9.59 Å². The summed E-state index contributed by atoms with van der Waals surface area (Å²) in [5.74, 6) is -1.91. The third kappa shape index (κ3) is 3.71. The number of aliphatic hydroxyl groups excluding tert-OH is 1. The molecule has 1 aliphatic carbocycles. The minimum absolute atomic E-state index is 0.0322. The van der Waals surface area contributed by atoms with Gasteiger partial charge in [-0.05, 0) is 61.2 Å². The van der Waals surface area contributed by atoms with E-state index in [0.717, 1.165) is 36.9 Å². The molecule has 1 amide bonds. The molecular weight excluding hydrogens is 395 g/mol. The van der Waals surface area contributed by atoms with Crippen molar-refractivity contribution in [1.29, 1.82) is 0 Å². The minimum atomic E-state index is -0.687. The highest BCUT2D eigenvalue weighted by Crippen LogP contribution is 2.43. The lowest BCUT2D eigenvalue weighted by Gasteiger charge is -2.31. The van der Waals surface area contributed by atoms with Gasteiger partial charge in [0.2, 0.25) is 0 Å². The molecule has 162 valence electrons. The Balaban J connectivity index is 1.87. The number of benzene rings is 2. The molecule has 0 radical (unpaired) electrons. The summed E-state index contributed by atoms with van der Waals surface area (Å²) in [7, 11) is 3.88. The van der Waals surface area contributed by atoms with Crippen LogP contribution in [0.15, 0.2) is 48.0 Å². The van der Waals surface area contributed by atoms with Crippen LogP contribution >= 0.6 is 0 Å². The molecule has 1 aliphatic heterocycles. The molecule has 0 aromatic heterocycles. The Kier molecular flexibility index (Phi) is 5.56. The molecule has 1 heterocycles. The molecule has 5 nitrogen and oxygen atoms in total. The molecule has 2 aromatic carbocycles. The average molecular weight is 423 g/mol. The van der Waals surface area contributed by atoms with Crippen molar-refractivity contribution in [3.05, 3.63) is 70.5 Å². The van der Waals surface area contributed by atoms with Crippen LogP contribution in [0.25, 0.3) is 5.76 Å². The Morgan fingerprint density at radius 3 is 2.29 bits per heavy atom. The molecule has 1 saturated heterocycles. The number of amides is 1. The summed E-state index contributed by atoms with van der Waals surface area (Å²) in [4.78, 5) is 29.8. The summed E-state index contributed by atoms with van der Waals surface area (Å²) in [5.41, 5.74) is 2.53. The number of carbonyl (C=O) groups is 2. The third-order valence-corrected chi connectivity index (χ3v) is 6.35. The van der Waals surface area contributed by atoms with E-state index in [1.807, 2.05) is 43.3 Å². The molecule has 0 spiro atoms. The van der Waals surface area contributed by atoms with Crippen LogP contribution < -0.4 is 4.90 Å². The van der Waals surface area contributed by atoms with E-state index in [1.165, 1.54) is 18.2 Å². The quantitative estimate of drug-likeness (QED) is 0.446. The van der Waals surface area contributed by atoms with Crippen LogP contribution in [0.5, 0.6) is 0 Å². The number of nitrogens with zero attached hydrogens (tertiary/aromatic N) is 2. The highest BCUT2D eigenvalue weighted by molar-refractivity contribution is 6.46.